The van der Waals surface area contributed by atoms with E-state index in [4.69, 9.17) is 0 Å². The third-order valence-electron chi connectivity index (χ3n) is 1.76. The molecule has 1 aliphatic heterocycles. The van der Waals surface area contributed by atoms with Crippen LogP contribution in [0.25, 0.3) is 0 Å². The van der Waals surface area contributed by atoms with Crippen LogP contribution in [0, 0.1) is 0 Å². The Bertz CT molecular complexity index is 275. The van der Waals surface area contributed by atoms with Gasteiger partial charge in [0.2, 0.25) is 5.66 Å². The van der Waals surface area contributed by atoms with E-state index in [1.54, 1.807) is 0 Å². The van der Waals surface area contributed by atoms with Crippen LogP contribution in [0.4, 0.5) is 4.39 Å². The Morgan fingerprint density at radius 3 is 2.27 bits per heavy atom. The second kappa shape index (κ2) is 2.12. The van der Waals surface area contributed by atoms with Crippen LogP contribution < -0.4 is 0 Å². The van der Waals surface area contributed by atoms with E-state index in [1.165, 1.54) is 0 Å². The molecule has 0 radical (unpaired) electrons. The normalized spacial score (nSPS) is 18.3. The van der Waals surface area contributed by atoms with E-state index in [9.17, 15) is 4.39 Å². The van der Waals surface area contributed by atoms with E-state index < -0.39 is 12.3 Å². The Labute approximate surface area is 63.8 Å². The lowest BCUT2D eigenvalue weighted by Gasteiger charge is -2.03. The van der Waals surface area contributed by atoms with Crippen LogP contribution in [0.15, 0.2) is 40.6 Å². The molecule has 0 aliphatic carbocycles. The monoisotopic (exact) mass is 150 g/mol. The lowest BCUT2D eigenvalue weighted by atomic mass is 10.1. The maximum Gasteiger partial charge on any atom is 0.243 e. The molecule has 0 fully saturated rings. The predicted molar refractivity (Wildman–Crippen MR) is 39.0 cm³/mol. The van der Waals surface area contributed by atoms with Gasteiger partial charge in [-0.05, 0) is 0 Å². The Hall–Kier alpha value is -1.25. The minimum atomic E-state index is -0.832. The summed E-state index contributed by atoms with van der Waals surface area (Å²) in [6.45, 7) is -0.531. The zero-order valence-electron chi connectivity index (χ0n) is 5.87. The van der Waals surface area contributed by atoms with Gasteiger partial charge in [-0.25, -0.2) is 4.39 Å². The fourth-order valence-corrected chi connectivity index (χ4v) is 1.01. The van der Waals surface area contributed by atoms with Crippen molar-refractivity contribution in [3.63, 3.8) is 0 Å². The zero-order chi connectivity index (χ0) is 7.73. The van der Waals surface area contributed by atoms with Gasteiger partial charge in [0.05, 0.1) is 0 Å². The summed E-state index contributed by atoms with van der Waals surface area (Å²) < 4.78 is 12.3. The molecule has 56 valence electrons. The molecule has 0 unspecified atom stereocenters. The van der Waals surface area contributed by atoms with Crippen molar-refractivity contribution in [3.05, 3.63) is 35.9 Å². The van der Waals surface area contributed by atoms with E-state index in [0.717, 1.165) is 5.56 Å². The molecule has 0 saturated heterocycles. The van der Waals surface area contributed by atoms with Crippen molar-refractivity contribution >= 4 is 0 Å². The Kier molecular flexibility index (Phi) is 1.24. The van der Waals surface area contributed by atoms with Crippen LogP contribution in [0.3, 0.4) is 0 Å². The fraction of sp³-hybridized carbons (Fsp3) is 0.250. The molecule has 11 heavy (non-hydrogen) atoms. The maximum absolute atomic E-state index is 12.3. The van der Waals surface area contributed by atoms with Crippen LogP contribution >= 0.6 is 0 Å². The molecule has 2 rings (SSSR count). The Balaban J connectivity index is 2.30. The lowest BCUT2D eigenvalue weighted by Crippen LogP contribution is -2.09. The highest BCUT2D eigenvalue weighted by Gasteiger charge is 2.42. The van der Waals surface area contributed by atoms with Gasteiger partial charge in [0.15, 0.2) is 0 Å². The summed E-state index contributed by atoms with van der Waals surface area (Å²) in [6, 6.07) is 9.27. The fourth-order valence-electron chi connectivity index (χ4n) is 1.01. The first kappa shape index (κ1) is 6.46. The van der Waals surface area contributed by atoms with Crippen molar-refractivity contribution in [3.8, 4) is 0 Å². The first-order chi connectivity index (χ1) is 5.37. The number of rotatable bonds is 2. The molecule has 1 aromatic rings. The number of hydrogen-bond donors (Lipinski definition) is 0. The van der Waals surface area contributed by atoms with E-state index in [-0.39, 0.29) is 0 Å². The largest absolute Gasteiger partial charge is 0.246 e. The minimum absolute atomic E-state index is 0.531. The molecule has 1 aliphatic rings. The SMILES string of the molecule is FCC1(c2ccccc2)N=N1. The average Bonchev–Trinajstić information content (AvgIpc) is 2.86. The van der Waals surface area contributed by atoms with Crippen molar-refractivity contribution in [2.75, 3.05) is 6.67 Å². The first-order valence-electron chi connectivity index (χ1n) is 3.43. The second-order valence-electron chi connectivity index (χ2n) is 2.52. The third-order valence-corrected chi connectivity index (χ3v) is 1.76. The van der Waals surface area contributed by atoms with Gasteiger partial charge < -0.3 is 0 Å². The van der Waals surface area contributed by atoms with Crippen molar-refractivity contribution in [1.82, 2.24) is 0 Å². The molecule has 0 aromatic heterocycles. The smallest absolute Gasteiger partial charge is 0.243 e. The van der Waals surface area contributed by atoms with Crippen molar-refractivity contribution < 1.29 is 4.39 Å². The Morgan fingerprint density at radius 2 is 1.82 bits per heavy atom. The summed E-state index contributed by atoms with van der Waals surface area (Å²) in [7, 11) is 0. The molecule has 0 bridgehead atoms. The molecular formula is C8H7FN2. The lowest BCUT2D eigenvalue weighted by molar-refractivity contribution is 0.400. The van der Waals surface area contributed by atoms with E-state index in [1.807, 2.05) is 30.3 Å². The molecule has 0 N–H and O–H groups in total. The number of benzene rings is 1. The highest BCUT2D eigenvalue weighted by Crippen LogP contribution is 2.39. The standard InChI is InChI=1S/C8H7FN2/c9-6-8(10-11-8)7-4-2-1-3-5-7/h1-5H,6H2. The van der Waals surface area contributed by atoms with Gasteiger partial charge in [-0.3, -0.25) is 0 Å². The van der Waals surface area contributed by atoms with Crippen LogP contribution in [-0.4, -0.2) is 6.67 Å². The summed E-state index contributed by atoms with van der Waals surface area (Å²) in [5, 5.41) is 7.35. The number of alkyl halides is 1. The van der Waals surface area contributed by atoms with Gasteiger partial charge in [-0.2, -0.15) is 10.2 Å². The van der Waals surface area contributed by atoms with Gasteiger partial charge in [-0.15, -0.1) is 0 Å². The zero-order valence-corrected chi connectivity index (χ0v) is 5.87. The van der Waals surface area contributed by atoms with E-state index in [0.29, 0.717) is 0 Å². The molecule has 3 heteroatoms. The van der Waals surface area contributed by atoms with Crippen LogP contribution in [0.2, 0.25) is 0 Å². The Morgan fingerprint density at radius 1 is 1.18 bits per heavy atom. The molecule has 1 aromatic carbocycles. The summed E-state index contributed by atoms with van der Waals surface area (Å²) in [4.78, 5) is 0. The third kappa shape index (κ3) is 0.926. The maximum atomic E-state index is 12.3. The average molecular weight is 150 g/mol. The van der Waals surface area contributed by atoms with Gasteiger partial charge >= 0.3 is 0 Å². The number of hydrogen-bond acceptors (Lipinski definition) is 2. The number of halogens is 1. The van der Waals surface area contributed by atoms with E-state index >= 15 is 0 Å². The van der Waals surface area contributed by atoms with Crippen molar-refractivity contribution in [1.29, 1.82) is 0 Å². The van der Waals surface area contributed by atoms with E-state index in [2.05, 4.69) is 10.2 Å². The highest BCUT2D eigenvalue weighted by molar-refractivity contribution is 5.26. The molecule has 1 heterocycles. The first-order valence-corrected chi connectivity index (χ1v) is 3.43. The van der Waals surface area contributed by atoms with Crippen molar-refractivity contribution in [2.45, 2.75) is 5.66 Å². The molecule has 0 amide bonds. The predicted octanol–water partition coefficient (Wildman–Crippen LogP) is 2.27. The van der Waals surface area contributed by atoms with Gasteiger partial charge in [0.1, 0.15) is 6.67 Å². The second-order valence-corrected chi connectivity index (χ2v) is 2.52. The van der Waals surface area contributed by atoms with Gasteiger partial charge in [-0.1, -0.05) is 30.3 Å². The summed E-state index contributed by atoms with van der Waals surface area (Å²) in [5.74, 6) is 0. The summed E-state index contributed by atoms with van der Waals surface area (Å²) >= 11 is 0. The van der Waals surface area contributed by atoms with Gasteiger partial charge in [0.25, 0.3) is 0 Å². The minimum Gasteiger partial charge on any atom is -0.246 e. The van der Waals surface area contributed by atoms with Crippen LogP contribution in [0.5, 0.6) is 0 Å². The number of nitrogens with zero attached hydrogens (tertiary/aromatic N) is 2. The molecule has 0 saturated carbocycles. The van der Waals surface area contributed by atoms with Crippen molar-refractivity contribution in [2.24, 2.45) is 10.2 Å². The molecule has 2 nitrogen and oxygen atoms in total. The van der Waals surface area contributed by atoms with Gasteiger partial charge in [0, 0.05) is 5.56 Å². The topological polar surface area (TPSA) is 24.7 Å². The quantitative estimate of drug-likeness (QED) is 0.617. The molecular weight excluding hydrogens is 143 g/mol. The molecule has 0 spiro atoms. The van der Waals surface area contributed by atoms with Crippen LogP contribution in [0.1, 0.15) is 5.56 Å². The molecule has 0 atom stereocenters. The summed E-state index contributed by atoms with van der Waals surface area (Å²) in [6.07, 6.45) is 0. The van der Waals surface area contributed by atoms with Crippen LogP contribution in [-0.2, 0) is 5.66 Å². The highest BCUT2D eigenvalue weighted by atomic mass is 19.1. The summed E-state index contributed by atoms with van der Waals surface area (Å²) in [5.41, 5.74) is 0.00356.